The first kappa shape index (κ1) is 14.5. The Morgan fingerprint density at radius 2 is 2.00 bits per heavy atom. The van der Waals surface area contributed by atoms with Gasteiger partial charge in [0.15, 0.2) is 5.82 Å². The molecular formula is C14H25N3O2. The fourth-order valence-corrected chi connectivity index (χ4v) is 2.10. The largest absolute Gasteiger partial charge is 0.381 e. The summed E-state index contributed by atoms with van der Waals surface area (Å²) in [5.74, 6) is 2.14. The van der Waals surface area contributed by atoms with Gasteiger partial charge in [0.2, 0.25) is 5.89 Å². The highest BCUT2D eigenvalue weighted by molar-refractivity contribution is 5.01. The second-order valence-electron chi connectivity index (χ2n) is 6.39. The van der Waals surface area contributed by atoms with Crippen LogP contribution in [0.5, 0.6) is 0 Å². The maximum atomic E-state index is 5.36. The number of hydrogen-bond donors (Lipinski definition) is 1. The fourth-order valence-electron chi connectivity index (χ4n) is 2.10. The number of hydrogen-bond acceptors (Lipinski definition) is 5. The molecule has 1 saturated heterocycles. The van der Waals surface area contributed by atoms with Crippen LogP contribution in [-0.4, -0.2) is 29.9 Å². The van der Waals surface area contributed by atoms with E-state index in [-0.39, 0.29) is 11.5 Å². The first-order valence-corrected chi connectivity index (χ1v) is 7.12. The Balaban J connectivity index is 1.85. The number of rotatable bonds is 4. The molecule has 1 atom stereocenters. The van der Waals surface area contributed by atoms with E-state index >= 15 is 0 Å². The zero-order valence-electron chi connectivity index (χ0n) is 12.4. The maximum Gasteiger partial charge on any atom is 0.243 e. The topological polar surface area (TPSA) is 60.2 Å². The van der Waals surface area contributed by atoms with Crippen molar-refractivity contribution in [2.24, 2.45) is 5.92 Å². The molecular weight excluding hydrogens is 242 g/mol. The van der Waals surface area contributed by atoms with Crippen LogP contribution in [0.1, 0.15) is 58.3 Å². The van der Waals surface area contributed by atoms with Gasteiger partial charge < -0.3 is 14.6 Å². The van der Waals surface area contributed by atoms with Crippen LogP contribution < -0.4 is 5.32 Å². The van der Waals surface area contributed by atoms with Gasteiger partial charge in [-0.2, -0.15) is 4.98 Å². The zero-order chi connectivity index (χ0) is 13.9. The van der Waals surface area contributed by atoms with E-state index < -0.39 is 0 Å². The van der Waals surface area contributed by atoms with Gasteiger partial charge in [-0.05, 0) is 32.2 Å². The van der Waals surface area contributed by atoms with Gasteiger partial charge in [0, 0.05) is 18.6 Å². The molecule has 1 aliphatic rings. The van der Waals surface area contributed by atoms with E-state index in [0.29, 0.717) is 11.8 Å². The highest BCUT2D eigenvalue weighted by Crippen LogP contribution is 2.21. The number of aromatic nitrogens is 2. The molecule has 2 rings (SSSR count). The molecule has 1 aliphatic heterocycles. The molecule has 0 aliphatic carbocycles. The third-order valence-corrected chi connectivity index (χ3v) is 3.54. The third kappa shape index (κ3) is 4.01. The average Bonchev–Trinajstić information content (AvgIpc) is 2.87. The van der Waals surface area contributed by atoms with E-state index in [2.05, 4.69) is 43.2 Å². The van der Waals surface area contributed by atoms with Gasteiger partial charge in [-0.25, -0.2) is 0 Å². The van der Waals surface area contributed by atoms with Crippen molar-refractivity contribution in [3.63, 3.8) is 0 Å². The first-order valence-electron chi connectivity index (χ1n) is 7.12. The van der Waals surface area contributed by atoms with Crippen LogP contribution in [0.4, 0.5) is 0 Å². The Morgan fingerprint density at radius 3 is 2.58 bits per heavy atom. The monoisotopic (exact) mass is 267 g/mol. The van der Waals surface area contributed by atoms with Crippen molar-refractivity contribution in [1.82, 2.24) is 15.5 Å². The minimum absolute atomic E-state index is 0.0673. The molecule has 108 valence electrons. The van der Waals surface area contributed by atoms with Crippen molar-refractivity contribution in [3.05, 3.63) is 11.7 Å². The van der Waals surface area contributed by atoms with E-state index in [4.69, 9.17) is 9.26 Å². The lowest BCUT2D eigenvalue weighted by atomic mass is 9.96. The summed E-state index contributed by atoms with van der Waals surface area (Å²) >= 11 is 0. The summed E-state index contributed by atoms with van der Waals surface area (Å²) < 4.78 is 10.7. The van der Waals surface area contributed by atoms with Gasteiger partial charge in [0.05, 0.1) is 6.04 Å². The van der Waals surface area contributed by atoms with Crippen LogP contribution in [0.25, 0.3) is 0 Å². The third-order valence-electron chi connectivity index (χ3n) is 3.54. The second-order valence-corrected chi connectivity index (χ2v) is 6.39. The van der Waals surface area contributed by atoms with Gasteiger partial charge in [0.25, 0.3) is 0 Å². The predicted molar refractivity (Wildman–Crippen MR) is 73.0 cm³/mol. The van der Waals surface area contributed by atoms with E-state index in [1.54, 1.807) is 0 Å². The normalized spacial score (nSPS) is 19.6. The van der Waals surface area contributed by atoms with E-state index in [0.717, 1.165) is 38.4 Å². The van der Waals surface area contributed by atoms with Gasteiger partial charge in [-0.3, -0.25) is 0 Å². The minimum Gasteiger partial charge on any atom is -0.381 e. The van der Waals surface area contributed by atoms with Crippen molar-refractivity contribution in [2.45, 2.75) is 52.0 Å². The molecule has 5 heteroatoms. The molecule has 0 amide bonds. The van der Waals surface area contributed by atoms with Gasteiger partial charge in [-0.1, -0.05) is 25.9 Å². The van der Waals surface area contributed by atoms with Crippen molar-refractivity contribution >= 4 is 0 Å². The SMILES string of the molecule is CC(NCC1CCOCC1)c1nc(C(C)(C)C)no1. The van der Waals surface area contributed by atoms with Crippen LogP contribution >= 0.6 is 0 Å². The summed E-state index contributed by atoms with van der Waals surface area (Å²) in [4.78, 5) is 4.48. The Bertz CT molecular complexity index is 392. The molecule has 1 aromatic heterocycles. The van der Waals surface area contributed by atoms with Crippen LogP contribution in [0.15, 0.2) is 4.52 Å². The second kappa shape index (κ2) is 6.01. The Hall–Kier alpha value is -0.940. The number of nitrogens with zero attached hydrogens (tertiary/aromatic N) is 2. The van der Waals surface area contributed by atoms with Crippen LogP contribution in [-0.2, 0) is 10.2 Å². The van der Waals surface area contributed by atoms with Gasteiger partial charge in [-0.15, -0.1) is 0 Å². The van der Waals surface area contributed by atoms with Crippen molar-refractivity contribution in [2.75, 3.05) is 19.8 Å². The lowest BCUT2D eigenvalue weighted by Crippen LogP contribution is -2.29. The molecule has 5 nitrogen and oxygen atoms in total. The molecule has 19 heavy (non-hydrogen) atoms. The first-order chi connectivity index (χ1) is 8.97. The Morgan fingerprint density at radius 1 is 1.32 bits per heavy atom. The Labute approximate surface area is 115 Å². The van der Waals surface area contributed by atoms with Gasteiger partial charge >= 0.3 is 0 Å². The summed E-state index contributed by atoms with van der Waals surface area (Å²) in [5, 5.41) is 7.54. The van der Waals surface area contributed by atoms with Crippen molar-refractivity contribution < 1.29 is 9.26 Å². The number of ether oxygens (including phenoxy) is 1. The molecule has 0 radical (unpaired) electrons. The average molecular weight is 267 g/mol. The van der Waals surface area contributed by atoms with Crippen molar-refractivity contribution in [3.8, 4) is 0 Å². The summed E-state index contributed by atoms with van der Waals surface area (Å²) in [5.41, 5.74) is -0.0673. The molecule has 1 aromatic rings. The summed E-state index contributed by atoms with van der Waals surface area (Å²) in [6.07, 6.45) is 2.27. The summed E-state index contributed by atoms with van der Waals surface area (Å²) in [6.45, 7) is 11.1. The Kier molecular flexibility index (Phi) is 4.58. The maximum absolute atomic E-state index is 5.36. The van der Waals surface area contributed by atoms with E-state index in [1.165, 1.54) is 0 Å². The molecule has 0 bridgehead atoms. The smallest absolute Gasteiger partial charge is 0.243 e. The van der Waals surface area contributed by atoms with Crippen molar-refractivity contribution in [1.29, 1.82) is 0 Å². The molecule has 1 unspecified atom stereocenters. The summed E-state index contributed by atoms with van der Waals surface area (Å²) in [6, 6.07) is 0.103. The zero-order valence-corrected chi connectivity index (χ0v) is 12.4. The van der Waals surface area contributed by atoms with Gasteiger partial charge in [0.1, 0.15) is 0 Å². The lowest BCUT2D eigenvalue weighted by Gasteiger charge is -2.23. The fraction of sp³-hybridized carbons (Fsp3) is 0.857. The quantitative estimate of drug-likeness (QED) is 0.908. The molecule has 2 heterocycles. The molecule has 0 spiro atoms. The van der Waals surface area contributed by atoms with Crippen LogP contribution in [0, 0.1) is 5.92 Å². The standard InChI is InChI=1S/C14H25N3O2/c1-10(15-9-11-5-7-18-8-6-11)12-16-13(17-19-12)14(2,3)4/h10-11,15H,5-9H2,1-4H3. The molecule has 0 saturated carbocycles. The highest BCUT2D eigenvalue weighted by Gasteiger charge is 2.23. The van der Waals surface area contributed by atoms with E-state index in [1.807, 2.05) is 0 Å². The number of nitrogens with one attached hydrogen (secondary N) is 1. The predicted octanol–water partition coefficient (Wildman–Crippen LogP) is 2.44. The highest BCUT2D eigenvalue weighted by atomic mass is 16.5. The summed E-state index contributed by atoms with van der Waals surface area (Å²) in [7, 11) is 0. The molecule has 1 N–H and O–H groups in total. The van der Waals surface area contributed by atoms with Crippen LogP contribution in [0.3, 0.4) is 0 Å². The minimum atomic E-state index is -0.0673. The van der Waals surface area contributed by atoms with Crippen LogP contribution in [0.2, 0.25) is 0 Å². The van der Waals surface area contributed by atoms with E-state index in [9.17, 15) is 0 Å². The molecule has 0 aromatic carbocycles. The lowest BCUT2D eigenvalue weighted by molar-refractivity contribution is 0.0653. The molecule has 1 fully saturated rings.